The molecule has 2 rings (SSSR count). The molecule has 112 valence electrons. The zero-order valence-corrected chi connectivity index (χ0v) is 12.9. The third kappa shape index (κ3) is 4.31. The topological polar surface area (TPSA) is 38.5 Å². The van der Waals surface area contributed by atoms with Gasteiger partial charge in [0.1, 0.15) is 5.75 Å². The van der Waals surface area contributed by atoms with Crippen LogP contribution >= 0.6 is 0 Å². The lowest BCUT2D eigenvalue weighted by molar-refractivity contribution is 0.321. The van der Waals surface area contributed by atoms with Crippen molar-refractivity contribution < 1.29 is 4.74 Å². The van der Waals surface area contributed by atoms with Gasteiger partial charge in [-0.15, -0.1) is 0 Å². The average Bonchev–Trinajstić information content (AvgIpc) is 2.53. The van der Waals surface area contributed by atoms with E-state index >= 15 is 0 Å². The number of benzene rings is 2. The van der Waals surface area contributed by atoms with Crippen LogP contribution in [0.2, 0.25) is 0 Å². The van der Waals surface area contributed by atoms with Crippen molar-refractivity contribution in [2.75, 3.05) is 20.7 Å². The lowest BCUT2D eigenvalue weighted by Gasteiger charge is -2.19. The summed E-state index contributed by atoms with van der Waals surface area (Å²) >= 11 is 0. The Morgan fingerprint density at radius 1 is 0.952 bits per heavy atom. The first kappa shape index (κ1) is 15.5. The highest BCUT2D eigenvalue weighted by Gasteiger charge is 2.07. The molecule has 21 heavy (non-hydrogen) atoms. The summed E-state index contributed by atoms with van der Waals surface area (Å²) < 4.78 is 5.40. The van der Waals surface area contributed by atoms with Gasteiger partial charge in [-0.2, -0.15) is 0 Å². The molecule has 0 radical (unpaired) electrons. The summed E-state index contributed by atoms with van der Waals surface area (Å²) in [4.78, 5) is 2.31. The smallest absolute Gasteiger partial charge is 0.123 e. The number of hydrogen-bond donors (Lipinski definition) is 1. The normalized spacial score (nSPS) is 10.9. The zero-order valence-electron chi connectivity index (χ0n) is 12.9. The second-order valence-electron chi connectivity index (χ2n) is 5.27. The Kier molecular flexibility index (Phi) is 5.78. The van der Waals surface area contributed by atoms with Crippen molar-refractivity contribution in [2.45, 2.75) is 19.5 Å². The molecular formula is C18H24N2O. The van der Waals surface area contributed by atoms with Crippen LogP contribution in [-0.4, -0.2) is 25.6 Å². The lowest BCUT2D eigenvalue weighted by atomic mass is 10.0. The van der Waals surface area contributed by atoms with Gasteiger partial charge < -0.3 is 15.4 Å². The van der Waals surface area contributed by atoms with Gasteiger partial charge >= 0.3 is 0 Å². The maximum atomic E-state index is 5.79. The molecule has 0 aliphatic heterocycles. The van der Waals surface area contributed by atoms with E-state index in [2.05, 4.69) is 42.3 Å². The number of methoxy groups -OCH3 is 1. The second kappa shape index (κ2) is 7.81. The van der Waals surface area contributed by atoms with E-state index in [0.29, 0.717) is 6.54 Å². The van der Waals surface area contributed by atoms with E-state index in [1.54, 1.807) is 7.11 Å². The largest absolute Gasteiger partial charge is 0.496 e. The first-order chi connectivity index (χ1) is 10.2. The maximum absolute atomic E-state index is 5.79. The number of nitrogens with zero attached hydrogens (tertiary/aromatic N) is 1. The molecule has 0 saturated carbocycles. The molecule has 0 unspecified atom stereocenters. The van der Waals surface area contributed by atoms with E-state index in [-0.39, 0.29) is 0 Å². The Hall–Kier alpha value is -1.84. The fourth-order valence-corrected chi connectivity index (χ4v) is 2.52. The zero-order chi connectivity index (χ0) is 15.1. The molecule has 0 aromatic heterocycles. The van der Waals surface area contributed by atoms with Crippen molar-refractivity contribution in [3.8, 4) is 5.75 Å². The molecule has 0 fully saturated rings. The fourth-order valence-electron chi connectivity index (χ4n) is 2.52. The average molecular weight is 284 g/mol. The van der Waals surface area contributed by atoms with E-state index in [1.807, 2.05) is 18.2 Å². The van der Waals surface area contributed by atoms with E-state index in [4.69, 9.17) is 10.5 Å². The number of ether oxygens (including phenoxy) is 1. The third-order valence-electron chi connectivity index (χ3n) is 3.73. The van der Waals surface area contributed by atoms with Crippen molar-refractivity contribution >= 4 is 0 Å². The van der Waals surface area contributed by atoms with E-state index in [9.17, 15) is 0 Å². The van der Waals surface area contributed by atoms with Crippen LogP contribution < -0.4 is 10.5 Å². The summed E-state index contributed by atoms with van der Waals surface area (Å²) in [5.41, 5.74) is 9.58. The molecule has 3 heteroatoms. The Balaban J connectivity index is 1.94. The van der Waals surface area contributed by atoms with Crippen molar-refractivity contribution in [3.05, 3.63) is 65.2 Å². The molecule has 0 atom stereocenters. The van der Waals surface area contributed by atoms with Gasteiger partial charge in [0.15, 0.2) is 0 Å². The van der Waals surface area contributed by atoms with Gasteiger partial charge in [-0.05, 0) is 30.7 Å². The predicted octanol–water partition coefficient (Wildman–Crippen LogP) is 2.83. The van der Waals surface area contributed by atoms with Gasteiger partial charge in [0.2, 0.25) is 0 Å². The third-order valence-corrected chi connectivity index (χ3v) is 3.73. The minimum Gasteiger partial charge on any atom is -0.496 e. The van der Waals surface area contributed by atoms with Gasteiger partial charge in [-0.25, -0.2) is 0 Å². The molecule has 0 amide bonds. The molecular weight excluding hydrogens is 260 g/mol. The standard InChI is InChI=1S/C18H24N2O/c1-20(14-17-9-5-6-10-18(17)21-2)12-11-15-7-3-4-8-16(15)13-19/h3-10H,11-14,19H2,1-2H3. The highest BCUT2D eigenvalue weighted by molar-refractivity contribution is 5.33. The summed E-state index contributed by atoms with van der Waals surface area (Å²) in [6.45, 7) is 2.48. The quantitative estimate of drug-likeness (QED) is 0.849. The number of para-hydroxylation sites is 1. The summed E-state index contributed by atoms with van der Waals surface area (Å²) in [5.74, 6) is 0.951. The van der Waals surface area contributed by atoms with Crippen LogP contribution in [0.3, 0.4) is 0 Å². The van der Waals surface area contributed by atoms with Crippen molar-refractivity contribution in [3.63, 3.8) is 0 Å². The van der Waals surface area contributed by atoms with Crippen LogP contribution in [0.25, 0.3) is 0 Å². The minimum atomic E-state index is 0.604. The predicted molar refractivity (Wildman–Crippen MR) is 87.4 cm³/mol. The number of hydrogen-bond acceptors (Lipinski definition) is 3. The Morgan fingerprint density at radius 3 is 2.24 bits per heavy atom. The molecule has 0 spiro atoms. The highest BCUT2D eigenvalue weighted by atomic mass is 16.5. The first-order valence-electron chi connectivity index (χ1n) is 7.32. The minimum absolute atomic E-state index is 0.604. The van der Waals surface area contributed by atoms with Gasteiger partial charge in [-0.3, -0.25) is 0 Å². The summed E-state index contributed by atoms with van der Waals surface area (Å²) in [6.07, 6.45) is 1.01. The Bertz CT molecular complexity index is 569. The number of rotatable bonds is 7. The molecule has 0 bridgehead atoms. The molecule has 0 heterocycles. The summed E-state index contributed by atoms with van der Waals surface area (Å²) in [5, 5.41) is 0. The van der Waals surface area contributed by atoms with Crippen molar-refractivity contribution in [1.29, 1.82) is 0 Å². The van der Waals surface area contributed by atoms with Gasteiger partial charge in [0, 0.05) is 25.2 Å². The molecule has 2 aromatic rings. The van der Waals surface area contributed by atoms with Gasteiger partial charge in [0.25, 0.3) is 0 Å². The molecule has 2 aromatic carbocycles. The van der Waals surface area contributed by atoms with Gasteiger partial charge in [0.05, 0.1) is 7.11 Å². The van der Waals surface area contributed by atoms with Crippen LogP contribution in [0.15, 0.2) is 48.5 Å². The fraction of sp³-hybridized carbons (Fsp3) is 0.333. The molecule has 0 aliphatic rings. The van der Waals surface area contributed by atoms with Crippen LogP contribution in [-0.2, 0) is 19.5 Å². The van der Waals surface area contributed by atoms with Crippen LogP contribution in [0.5, 0.6) is 5.75 Å². The highest BCUT2D eigenvalue weighted by Crippen LogP contribution is 2.19. The van der Waals surface area contributed by atoms with E-state index < -0.39 is 0 Å². The van der Waals surface area contributed by atoms with Crippen molar-refractivity contribution in [2.24, 2.45) is 5.73 Å². The number of nitrogens with two attached hydrogens (primary N) is 1. The van der Waals surface area contributed by atoms with E-state index in [0.717, 1.165) is 25.3 Å². The van der Waals surface area contributed by atoms with E-state index in [1.165, 1.54) is 16.7 Å². The van der Waals surface area contributed by atoms with Crippen LogP contribution in [0, 0.1) is 0 Å². The second-order valence-corrected chi connectivity index (χ2v) is 5.27. The molecule has 2 N–H and O–H groups in total. The molecule has 3 nitrogen and oxygen atoms in total. The Morgan fingerprint density at radius 2 is 1.57 bits per heavy atom. The van der Waals surface area contributed by atoms with Crippen LogP contribution in [0.4, 0.5) is 0 Å². The number of likely N-dealkylation sites (N-methyl/N-ethyl adjacent to an activating group) is 1. The first-order valence-corrected chi connectivity index (χ1v) is 7.32. The van der Waals surface area contributed by atoms with Crippen molar-refractivity contribution in [1.82, 2.24) is 4.90 Å². The lowest BCUT2D eigenvalue weighted by Crippen LogP contribution is -2.21. The monoisotopic (exact) mass is 284 g/mol. The Labute approximate surface area is 127 Å². The summed E-state index contributed by atoms with van der Waals surface area (Å²) in [6, 6.07) is 16.6. The SMILES string of the molecule is COc1ccccc1CN(C)CCc1ccccc1CN. The maximum Gasteiger partial charge on any atom is 0.123 e. The molecule has 0 aliphatic carbocycles. The van der Waals surface area contributed by atoms with Crippen LogP contribution in [0.1, 0.15) is 16.7 Å². The molecule has 0 saturated heterocycles. The van der Waals surface area contributed by atoms with Gasteiger partial charge in [-0.1, -0.05) is 42.5 Å². The summed E-state index contributed by atoms with van der Waals surface area (Å²) in [7, 11) is 3.85.